The van der Waals surface area contributed by atoms with Gasteiger partial charge in [0.1, 0.15) is 0 Å². The second-order valence-electron chi connectivity index (χ2n) is 3.84. The van der Waals surface area contributed by atoms with Crippen molar-refractivity contribution in [3.63, 3.8) is 0 Å². The third-order valence-electron chi connectivity index (χ3n) is 2.40. The largest absolute Gasteiger partial charge is 0.466 e. The van der Waals surface area contributed by atoms with Crippen LogP contribution in [0.15, 0.2) is 24.3 Å². The molecule has 0 saturated carbocycles. The summed E-state index contributed by atoms with van der Waals surface area (Å²) in [7, 11) is 0. The van der Waals surface area contributed by atoms with E-state index in [-0.39, 0.29) is 24.7 Å². The van der Waals surface area contributed by atoms with Crippen molar-refractivity contribution in [2.24, 2.45) is 0 Å². The Morgan fingerprint density at radius 3 is 2.84 bits per heavy atom. The van der Waals surface area contributed by atoms with Crippen molar-refractivity contribution in [1.29, 1.82) is 0 Å². The van der Waals surface area contributed by atoms with Gasteiger partial charge in [-0.05, 0) is 19.1 Å². The van der Waals surface area contributed by atoms with Crippen LogP contribution >= 0.6 is 11.3 Å². The van der Waals surface area contributed by atoms with Crippen molar-refractivity contribution in [2.45, 2.75) is 19.8 Å². The van der Waals surface area contributed by atoms with Crippen LogP contribution in [0.4, 0.5) is 5.13 Å². The van der Waals surface area contributed by atoms with Crippen molar-refractivity contribution in [3.8, 4) is 0 Å². The number of ether oxygens (including phenoxy) is 1. The number of carbonyl (C=O) groups is 2. The van der Waals surface area contributed by atoms with E-state index in [2.05, 4.69) is 10.3 Å². The fourth-order valence-electron chi connectivity index (χ4n) is 1.56. The normalized spacial score (nSPS) is 10.4. The molecule has 6 heteroatoms. The summed E-state index contributed by atoms with van der Waals surface area (Å²) in [5.41, 5.74) is 0.855. The van der Waals surface area contributed by atoms with Crippen LogP contribution in [0.25, 0.3) is 10.2 Å². The Morgan fingerprint density at radius 2 is 2.11 bits per heavy atom. The number of anilines is 1. The van der Waals surface area contributed by atoms with Gasteiger partial charge in [0.2, 0.25) is 5.91 Å². The molecule has 0 bridgehead atoms. The molecule has 1 aromatic heterocycles. The highest BCUT2D eigenvalue weighted by molar-refractivity contribution is 7.22. The predicted octanol–water partition coefficient (Wildman–Crippen LogP) is 2.58. The highest BCUT2D eigenvalue weighted by atomic mass is 32.1. The smallest absolute Gasteiger partial charge is 0.306 e. The van der Waals surface area contributed by atoms with Gasteiger partial charge in [-0.15, -0.1) is 0 Å². The summed E-state index contributed by atoms with van der Waals surface area (Å²) in [6.07, 6.45) is 0.194. The molecule has 5 nitrogen and oxygen atoms in total. The number of amides is 1. The standard InChI is InChI=1S/C13H14N2O3S/c1-2-18-12(17)8-7-11(16)15-13-14-9-5-3-4-6-10(9)19-13/h3-6H,2,7-8H2,1H3,(H,14,15,16). The Balaban J connectivity index is 1.90. The van der Waals surface area contributed by atoms with Gasteiger partial charge in [0.25, 0.3) is 0 Å². The molecule has 0 fully saturated rings. The lowest BCUT2D eigenvalue weighted by Gasteiger charge is -2.01. The second-order valence-corrected chi connectivity index (χ2v) is 4.87. The highest BCUT2D eigenvalue weighted by Gasteiger charge is 2.10. The summed E-state index contributed by atoms with van der Waals surface area (Å²) in [6.45, 7) is 2.07. The van der Waals surface area contributed by atoms with E-state index in [4.69, 9.17) is 4.74 Å². The summed E-state index contributed by atoms with van der Waals surface area (Å²) >= 11 is 1.41. The van der Waals surface area contributed by atoms with Crippen molar-refractivity contribution >= 4 is 38.6 Å². The zero-order chi connectivity index (χ0) is 13.7. The number of esters is 1. The molecule has 1 amide bonds. The Morgan fingerprint density at radius 1 is 1.32 bits per heavy atom. The highest BCUT2D eigenvalue weighted by Crippen LogP contribution is 2.25. The number of benzene rings is 1. The number of nitrogens with zero attached hydrogens (tertiary/aromatic N) is 1. The minimum absolute atomic E-state index is 0.0879. The first kappa shape index (κ1) is 13.5. The van der Waals surface area contributed by atoms with Crippen LogP contribution in [-0.2, 0) is 14.3 Å². The van der Waals surface area contributed by atoms with Crippen molar-refractivity contribution in [1.82, 2.24) is 4.98 Å². The van der Waals surface area contributed by atoms with Crippen LogP contribution < -0.4 is 5.32 Å². The number of hydrogen-bond donors (Lipinski definition) is 1. The van der Waals surface area contributed by atoms with E-state index in [0.29, 0.717) is 11.7 Å². The van der Waals surface area contributed by atoms with Crippen LogP contribution in [-0.4, -0.2) is 23.5 Å². The maximum absolute atomic E-state index is 11.6. The van der Waals surface area contributed by atoms with Crippen molar-refractivity contribution < 1.29 is 14.3 Å². The van der Waals surface area contributed by atoms with Gasteiger partial charge in [-0.2, -0.15) is 0 Å². The van der Waals surface area contributed by atoms with Gasteiger partial charge < -0.3 is 10.1 Å². The molecule has 1 aromatic carbocycles. The molecular formula is C13H14N2O3S. The van der Waals surface area contributed by atoms with Gasteiger partial charge in [0.15, 0.2) is 5.13 Å². The summed E-state index contributed by atoms with van der Waals surface area (Å²) in [4.78, 5) is 27.1. The molecule has 0 unspecified atom stereocenters. The maximum atomic E-state index is 11.6. The van der Waals surface area contributed by atoms with E-state index >= 15 is 0 Å². The van der Waals surface area contributed by atoms with Gasteiger partial charge in [-0.3, -0.25) is 9.59 Å². The molecule has 1 heterocycles. The number of rotatable bonds is 5. The molecule has 0 radical (unpaired) electrons. The molecule has 2 rings (SSSR count). The summed E-state index contributed by atoms with van der Waals surface area (Å²) in [5, 5.41) is 3.24. The monoisotopic (exact) mass is 278 g/mol. The van der Waals surface area contributed by atoms with Gasteiger partial charge >= 0.3 is 5.97 Å². The molecule has 1 N–H and O–H groups in total. The van der Waals surface area contributed by atoms with Gasteiger partial charge in [-0.1, -0.05) is 23.5 Å². The van der Waals surface area contributed by atoms with E-state index in [1.54, 1.807) is 6.92 Å². The number of hydrogen-bond acceptors (Lipinski definition) is 5. The number of carbonyl (C=O) groups excluding carboxylic acids is 2. The predicted molar refractivity (Wildman–Crippen MR) is 74.1 cm³/mol. The fraction of sp³-hybridized carbons (Fsp3) is 0.308. The molecule has 0 aliphatic carbocycles. The van der Waals surface area contributed by atoms with Crippen molar-refractivity contribution in [2.75, 3.05) is 11.9 Å². The van der Waals surface area contributed by atoms with Gasteiger partial charge in [-0.25, -0.2) is 4.98 Å². The number of fused-ring (bicyclic) bond motifs is 1. The Kier molecular flexibility index (Phi) is 4.46. The topological polar surface area (TPSA) is 68.3 Å². The Bertz CT molecular complexity index is 561. The van der Waals surface area contributed by atoms with Crippen LogP contribution in [0.1, 0.15) is 19.8 Å². The van der Waals surface area contributed by atoms with E-state index < -0.39 is 0 Å². The molecule has 100 valence electrons. The Labute approximate surface area is 114 Å². The molecule has 0 aliphatic heterocycles. The lowest BCUT2D eigenvalue weighted by Crippen LogP contribution is -2.14. The molecule has 2 aromatic rings. The van der Waals surface area contributed by atoms with Crippen LogP contribution in [0.3, 0.4) is 0 Å². The summed E-state index contributed by atoms with van der Waals surface area (Å²) < 4.78 is 5.78. The third kappa shape index (κ3) is 3.75. The van der Waals surface area contributed by atoms with Crippen LogP contribution in [0, 0.1) is 0 Å². The Hall–Kier alpha value is -1.95. The molecule has 0 saturated heterocycles. The number of thiazole rings is 1. The molecule has 0 spiro atoms. The summed E-state index contributed by atoms with van der Waals surface area (Å²) in [5.74, 6) is -0.589. The average Bonchev–Trinajstić information content (AvgIpc) is 2.78. The first-order valence-electron chi connectivity index (χ1n) is 6.00. The SMILES string of the molecule is CCOC(=O)CCC(=O)Nc1nc2ccccc2s1. The fourth-order valence-corrected chi connectivity index (χ4v) is 2.44. The number of nitrogens with one attached hydrogen (secondary N) is 1. The van der Waals surface area contributed by atoms with Crippen LogP contribution in [0.2, 0.25) is 0 Å². The lowest BCUT2D eigenvalue weighted by atomic mass is 10.3. The quantitative estimate of drug-likeness (QED) is 0.853. The van der Waals surface area contributed by atoms with E-state index in [9.17, 15) is 9.59 Å². The number of para-hydroxylation sites is 1. The first-order chi connectivity index (χ1) is 9.19. The zero-order valence-electron chi connectivity index (χ0n) is 10.5. The summed E-state index contributed by atoms with van der Waals surface area (Å²) in [6, 6.07) is 7.66. The van der Waals surface area contributed by atoms with Crippen molar-refractivity contribution in [3.05, 3.63) is 24.3 Å². The van der Waals surface area contributed by atoms with E-state index in [1.165, 1.54) is 11.3 Å². The van der Waals surface area contributed by atoms with E-state index in [1.807, 2.05) is 24.3 Å². The lowest BCUT2D eigenvalue weighted by molar-refractivity contribution is -0.144. The van der Waals surface area contributed by atoms with Gasteiger partial charge in [0, 0.05) is 6.42 Å². The van der Waals surface area contributed by atoms with E-state index in [0.717, 1.165) is 10.2 Å². The zero-order valence-corrected chi connectivity index (χ0v) is 11.3. The molecule has 0 atom stereocenters. The number of aromatic nitrogens is 1. The third-order valence-corrected chi connectivity index (χ3v) is 3.35. The van der Waals surface area contributed by atoms with Gasteiger partial charge in [0.05, 0.1) is 23.2 Å². The maximum Gasteiger partial charge on any atom is 0.306 e. The molecule has 0 aliphatic rings. The van der Waals surface area contributed by atoms with Crippen LogP contribution in [0.5, 0.6) is 0 Å². The molecular weight excluding hydrogens is 264 g/mol. The average molecular weight is 278 g/mol. The minimum atomic E-state index is -0.359. The first-order valence-corrected chi connectivity index (χ1v) is 6.81. The minimum Gasteiger partial charge on any atom is -0.466 e. The molecule has 19 heavy (non-hydrogen) atoms. The second kappa shape index (κ2) is 6.29.